The Bertz CT molecular complexity index is 341. The zero-order valence-electron chi connectivity index (χ0n) is 10.7. The van der Waals surface area contributed by atoms with E-state index in [4.69, 9.17) is 4.74 Å². The van der Waals surface area contributed by atoms with Crippen LogP contribution in [0.25, 0.3) is 0 Å². The molecule has 0 atom stereocenters. The van der Waals surface area contributed by atoms with Crippen LogP contribution in [0.5, 0.6) is 0 Å². The van der Waals surface area contributed by atoms with Gasteiger partial charge in [0.15, 0.2) is 0 Å². The summed E-state index contributed by atoms with van der Waals surface area (Å²) in [4.78, 5) is 33.3. The first kappa shape index (κ1) is 15.3. The summed E-state index contributed by atoms with van der Waals surface area (Å²) in [6.45, 7) is 2.94. The summed E-state index contributed by atoms with van der Waals surface area (Å²) in [7, 11) is 2.71. The van der Waals surface area contributed by atoms with Crippen LogP contribution >= 0.6 is 0 Å². The second-order valence-corrected chi connectivity index (χ2v) is 3.66. The molecule has 0 saturated carbocycles. The maximum absolute atomic E-state index is 11.3. The van der Waals surface area contributed by atoms with Gasteiger partial charge in [-0.2, -0.15) is 0 Å². The summed E-state index contributed by atoms with van der Waals surface area (Å²) in [5.41, 5.74) is 0.339. The first-order valence-electron chi connectivity index (χ1n) is 5.25. The van der Waals surface area contributed by atoms with Gasteiger partial charge in [-0.15, -0.1) is 0 Å². The Balaban J connectivity index is 4.47. The second kappa shape index (κ2) is 7.60. The van der Waals surface area contributed by atoms with Gasteiger partial charge in [0.05, 0.1) is 26.2 Å². The van der Waals surface area contributed by atoms with Crippen molar-refractivity contribution < 1.29 is 23.9 Å². The van der Waals surface area contributed by atoms with E-state index in [1.54, 1.807) is 6.92 Å². The van der Waals surface area contributed by atoms with E-state index in [1.165, 1.54) is 21.1 Å². The van der Waals surface area contributed by atoms with Crippen LogP contribution in [0, 0.1) is 0 Å². The Hall–Kier alpha value is -1.65. The first-order chi connectivity index (χ1) is 7.92. The van der Waals surface area contributed by atoms with Crippen LogP contribution < -0.4 is 0 Å². The molecule has 0 heterocycles. The van der Waals surface area contributed by atoms with Crippen molar-refractivity contribution in [2.75, 3.05) is 14.2 Å². The number of carbonyl (C=O) groups excluding carboxylic acids is 3. The van der Waals surface area contributed by atoms with Crippen LogP contribution in [0.2, 0.25) is 0 Å². The molecule has 0 saturated heterocycles. The maximum atomic E-state index is 11.3. The van der Waals surface area contributed by atoms with Gasteiger partial charge in [0.2, 0.25) is 0 Å². The van der Waals surface area contributed by atoms with Crippen molar-refractivity contribution in [3.05, 3.63) is 11.3 Å². The zero-order chi connectivity index (χ0) is 13.4. The van der Waals surface area contributed by atoms with Crippen molar-refractivity contribution in [1.29, 1.82) is 0 Å². The van der Waals surface area contributed by atoms with Crippen LogP contribution in [0.4, 0.5) is 0 Å². The molecule has 5 nitrogen and oxygen atoms in total. The summed E-state index contributed by atoms with van der Waals surface area (Å²) < 4.78 is 9.58. The zero-order valence-corrected chi connectivity index (χ0v) is 10.7. The van der Waals surface area contributed by atoms with Crippen molar-refractivity contribution in [2.45, 2.75) is 33.1 Å². The molecule has 0 bridgehead atoms. The monoisotopic (exact) mass is 242 g/mol. The molecule has 0 amide bonds. The number of esters is 1. The fourth-order valence-electron chi connectivity index (χ4n) is 1.33. The minimum Gasteiger partial charge on any atom is -0.501 e. The molecule has 0 aromatic heterocycles. The molecule has 0 unspecified atom stereocenters. The lowest BCUT2D eigenvalue weighted by atomic mass is 10.1. The number of carbonyl (C=O) groups is 3. The van der Waals surface area contributed by atoms with Gasteiger partial charge in [-0.25, -0.2) is 4.79 Å². The number of ketones is 2. The molecule has 0 N–H and O–H groups in total. The van der Waals surface area contributed by atoms with Crippen LogP contribution in [0.1, 0.15) is 33.1 Å². The van der Waals surface area contributed by atoms with E-state index in [-0.39, 0.29) is 24.4 Å². The number of hydrogen-bond acceptors (Lipinski definition) is 5. The third-order valence-corrected chi connectivity index (χ3v) is 2.23. The van der Waals surface area contributed by atoms with Crippen molar-refractivity contribution in [3.8, 4) is 0 Å². The fraction of sp³-hybridized carbons (Fsp3) is 0.583. The summed E-state index contributed by atoms with van der Waals surface area (Å²) in [5.74, 6) is -0.401. The lowest BCUT2D eigenvalue weighted by Crippen LogP contribution is -2.09. The predicted molar refractivity (Wildman–Crippen MR) is 61.3 cm³/mol. The Kier molecular flexibility index (Phi) is 6.86. The van der Waals surface area contributed by atoms with Gasteiger partial charge in [0.25, 0.3) is 0 Å². The lowest BCUT2D eigenvalue weighted by molar-refractivity contribution is -0.136. The van der Waals surface area contributed by atoms with Crippen molar-refractivity contribution >= 4 is 17.5 Å². The van der Waals surface area contributed by atoms with Crippen molar-refractivity contribution in [2.24, 2.45) is 0 Å². The fourth-order valence-corrected chi connectivity index (χ4v) is 1.33. The maximum Gasteiger partial charge on any atom is 0.336 e. The van der Waals surface area contributed by atoms with Gasteiger partial charge >= 0.3 is 5.97 Å². The number of rotatable bonds is 7. The molecule has 0 aromatic rings. The van der Waals surface area contributed by atoms with Crippen LogP contribution in [-0.2, 0) is 23.9 Å². The number of ether oxygens (including phenoxy) is 2. The third-order valence-electron chi connectivity index (χ3n) is 2.23. The highest BCUT2D eigenvalue weighted by molar-refractivity contribution is 5.98. The van der Waals surface area contributed by atoms with E-state index < -0.39 is 5.97 Å². The molecule has 0 radical (unpaired) electrons. The molecule has 0 aliphatic carbocycles. The molecule has 0 aliphatic heterocycles. The third kappa shape index (κ3) is 5.85. The van der Waals surface area contributed by atoms with E-state index in [9.17, 15) is 14.4 Å². The molecule has 5 heteroatoms. The van der Waals surface area contributed by atoms with Crippen LogP contribution in [0.15, 0.2) is 11.3 Å². The van der Waals surface area contributed by atoms with Crippen LogP contribution in [-0.4, -0.2) is 31.8 Å². The normalized spacial score (nSPS) is 11.5. The van der Waals surface area contributed by atoms with E-state index in [0.717, 1.165) is 0 Å². The second-order valence-electron chi connectivity index (χ2n) is 3.66. The Morgan fingerprint density at radius 2 is 1.53 bits per heavy atom. The molecule has 0 rings (SSSR count). The lowest BCUT2D eigenvalue weighted by Gasteiger charge is -2.09. The van der Waals surface area contributed by atoms with Gasteiger partial charge in [0, 0.05) is 12.8 Å². The summed E-state index contributed by atoms with van der Waals surface area (Å²) >= 11 is 0. The van der Waals surface area contributed by atoms with E-state index in [0.29, 0.717) is 17.8 Å². The Labute approximate surface area is 101 Å². The van der Waals surface area contributed by atoms with E-state index in [2.05, 4.69) is 4.74 Å². The van der Waals surface area contributed by atoms with Gasteiger partial charge < -0.3 is 9.47 Å². The van der Waals surface area contributed by atoms with E-state index >= 15 is 0 Å². The number of hydrogen-bond donors (Lipinski definition) is 0. The van der Waals surface area contributed by atoms with Crippen LogP contribution in [0.3, 0.4) is 0 Å². The molecule has 17 heavy (non-hydrogen) atoms. The standard InChI is InChI=1S/C12H18O5/c1-8(13)7-10(14)5-6-11(16-3)9(2)12(15)17-4/h5-7H2,1-4H3/b11-9+. The number of allylic oxidation sites excluding steroid dienone is 1. The van der Waals surface area contributed by atoms with Crippen molar-refractivity contribution in [1.82, 2.24) is 0 Å². The van der Waals surface area contributed by atoms with Gasteiger partial charge in [-0.3, -0.25) is 9.59 Å². The highest BCUT2D eigenvalue weighted by Gasteiger charge is 2.14. The Morgan fingerprint density at radius 1 is 0.941 bits per heavy atom. The van der Waals surface area contributed by atoms with Gasteiger partial charge in [0.1, 0.15) is 17.3 Å². The minimum atomic E-state index is -0.485. The molecular formula is C12H18O5. The predicted octanol–water partition coefficient (Wildman–Crippen LogP) is 1.41. The smallest absolute Gasteiger partial charge is 0.336 e. The summed E-state index contributed by atoms with van der Waals surface area (Å²) in [5, 5.41) is 0. The highest BCUT2D eigenvalue weighted by Crippen LogP contribution is 2.14. The molecular weight excluding hydrogens is 224 g/mol. The average Bonchev–Trinajstić information content (AvgIpc) is 2.27. The van der Waals surface area contributed by atoms with E-state index in [1.807, 2.05) is 0 Å². The number of methoxy groups -OCH3 is 2. The molecule has 0 aliphatic rings. The quantitative estimate of drug-likeness (QED) is 0.292. The molecule has 0 fully saturated rings. The molecule has 0 aromatic carbocycles. The number of Topliss-reactive ketones (excluding diaryl/α,β-unsaturated/α-hetero) is 2. The molecule has 96 valence electrons. The largest absolute Gasteiger partial charge is 0.501 e. The SMILES string of the molecule is COC(=O)/C(C)=C(\CCC(=O)CC(C)=O)OC. The van der Waals surface area contributed by atoms with Gasteiger partial charge in [-0.1, -0.05) is 0 Å². The van der Waals surface area contributed by atoms with Gasteiger partial charge in [-0.05, 0) is 13.8 Å². The Morgan fingerprint density at radius 3 is 1.94 bits per heavy atom. The molecule has 0 spiro atoms. The minimum absolute atomic E-state index is 0.0751. The highest BCUT2D eigenvalue weighted by atomic mass is 16.5. The van der Waals surface area contributed by atoms with Crippen molar-refractivity contribution in [3.63, 3.8) is 0 Å². The average molecular weight is 242 g/mol. The summed E-state index contributed by atoms with van der Waals surface area (Å²) in [6, 6.07) is 0. The topological polar surface area (TPSA) is 69.7 Å². The summed E-state index contributed by atoms with van der Waals surface area (Å²) in [6.07, 6.45) is 0.398. The first-order valence-corrected chi connectivity index (χ1v) is 5.25.